The van der Waals surface area contributed by atoms with Gasteiger partial charge in [0.1, 0.15) is 17.0 Å². The van der Waals surface area contributed by atoms with E-state index in [2.05, 4.69) is 42.4 Å². The zero-order valence-electron chi connectivity index (χ0n) is 24.0. The number of pyridine rings is 2. The maximum Gasteiger partial charge on any atom is 0.410 e. The lowest BCUT2D eigenvalue weighted by molar-refractivity contribution is 0.0229. The fraction of sp³-hybridized carbons (Fsp3) is 0.536. The molecule has 0 N–H and O–H groups in total. The van der Waals surface area contributed by atoms with Crippen molar-refractivity contribution in [2.45, 2.75) is 46.4 Å². The predicted molar refractivity (Wildman–Crippen MR) is 157 cm³/mol. The fourth-order valence-corrected chi connectivity index (χ4v) is 4.95. The summed E-state index contributed by atoms with van der Waals surface area (Å²) in [5, 5.41) is 0. The number of hydrogen-bond donors (Lipinski definition) is 0. The van der Waals surface area contributed by atoms with Crippen LogP contribution in [0.15, 0.2) is 24.3 Å². The van der Waals surface area contributed by atoms with E-state index in [0.717, 1.165) is 20.5 Å². The molecule has 0 atom stereocenters. The molecule has 0 spiro atoms. The summed E-state index contributed by atoms with van der Waals surface area (Å²) in [6, 6.07) is 7.29. The van der Waals surface area contributed by atoms with Crippen LogP contribution in [-0.4, -0.2) is 102 Å². The first-order valence-electron chi connectivity index (χ1n) is 13.1. The zero-order valence-corrected chi connectivity index (χ0v) is 26.2. The number of rotatable bonds is 6. The van der Waals surface area contributed by atoms with Gasteiger partial charge in [-0.25, -0.2) is 24.4 Å². The van der Waals surface area contributed by atoms with Gasteiger partial charge in [0.05, 0.1) is 25.6 Å². The molecule has 3 heterocycles. The molecule has 1 aliphatic rings. The van der Waals surface area contributed by atoms with Gasteiger partial charge < -0.3 is 19.1 Å². The Bertz CT molecular complexity index is 1140. The Hall–Kier alpha value is -2.84. The van der Waals surface area contributed by atoms with Crippen LogP contribution >= 0.6 is 22.6 Å². The lowest BCUT2D eigenvalue weighted by Gasteiger charge is -2.29. The molecule has 0 radical (unpaired) electrons. The lowest BCUT2D eigenvalue weighted by Crippen LogP contribution is -2.42. The molecule has 0 bridgehead atoms. The first kappa shape index (κ1) is 31.7. The highest BCUT2D eigenvalue weighted by atomic mass is 127. The molecule has 0 unspecified atom stereocenters. The molecule has 218 valence electrons. The van der Waals surface area contributed by atoms with E-state index in [1.165, 1.54) is 14.2 Å². The van der Waals surface area contributed by atoms with Gasteiger partial charge in [0.25, 0.3) is 0 Å². The van der Waals surface area contributed by atoms with Gasteiger partial charge >= 0.3 is 18.0 Å². The van der Waals surface area contributed by atoms with Crippen LogP contribution in [-0.2, 0) is 27.3 Å². The quantitative estimate of drug-likeness (QED) is 0.258. The number of ether oxygens (including phenoxy) is 3. The molecule has 1 saturated heterocycles. The van der Waals surface area contributed by atoms with E-state index in [0.29, 0.717) is 52.4 Å². The number of amides is 1. The predicted octanol–water partition coefficient (Wildman–Crippen LogP) is 3.52. The van der Waals surface area contributed by atoms with E-state index in [1.807, 2.05) is 39.8 Å². The number of carbonyl (C=O) groups is 3. The summed E-state index contributed by atoms with van der Waals surface area (Å²) in [6.45, 7) is 12.0. The number of aryl methyl sites for hydroxylation is 1. The summed E-state index contributed by atoms with van der Waals surface area (Å²) in [5.74, 6) is -0.962. The molecule has 0 saturated carbocycles. The summed E-state index contributed by atoms with van der Waals surface area (Å²) in [5.41, 5.74) is 2.32. The highest BCUT2D eigenvalue weighted by Crippen LogP contribution is 2.16. The van der Waals surface area contributed by atoms with E-state index in [-0.39, 0.29) is 17.5 Å². The van der Waals surface area contributed by atoms with Crippen molar-refractivity contribution >= 4 is 40.6 Å². The Morgan fingerprint density at radius 1 is 0.800 bits per heavy atom. The number of nitrogens with zero attached hydrogens (tertiary/aromatic N) is 5. The molecule has 1 fully saturated rings. The molecule has 2 aromatic heterocycles. The summed E-state index contributed by atoms with van der Waals surface area (Å²) < 4.78 is 16.3. The van der Waals surface area contributed by atoms with Crippen molar-refractivity contribution in [2.24, 2.45) is 0 Å². The third-order valence-corrected chi connectivity index (χ3v) is 6.81. The lowest BCUT2D eigenvalue weighted by atomic mass is 10.2. The molecule has 11 nitrogen and oxygen atoms in total. The second-order valence-electron chi connectivity index (χ2n) is 10.7. The van der Waals surface area contributed by atoms with Crippen molar-refractivity contribution in [3.05, 3.63) is 56.2 Å². The van der Waals surface area contributed by atoms with Gasteiger partial charge in [-0.1, -0.05) is 0 Å². The van der Waals surface area contributed by atoms with E-state index >= 15 is 0 Å². The van der Waals surface area contributed by atoms with Crippen LogP contribution in [0.1, 0.15) is 58.7 Å². The second kappa shape index (κ2) is 14.2. The van der Waals surface area contributed by atoms with Gasteiger partial charge in [0, 0.05) is 55.9 Å². The normalized spacial score (nSPS) is 15.5. The van der Waals surface area contributed by atoms with E-state index < -0.39 is 17.5 Å². The van der Waals surface area contributed by atoms with Crippen molar-refractivity contribution < 1.29 is 28.6 Å². The van der Waals surface area contributed by atoms with Gasteiger partial charge in [-0.05, 0) is 80.1 Å². The van der Waals surface area contributed by atoms with Crippen molar-refractivity contribution in [3.8, 4) is 0 Å². The molecule has 0 aliphatic carbocycles. The van der Waals surface area contributed by atoms with Crippen molar-refractivity contribution in [1.82, 2.24) is 24.7 Å². The molecule has 1 amide bonds. The first-order chi connectivity index (χ1) is 18.9. The summed E-state index contributed by atoms with van der Waals surface area (Å²) in [4.78, 5) is 52.5. The first-order valence-corrected chi connectivity index (χ1v) is 14.2. The third kappa shape index (κ3) is 9.66. The fourth-order valence-electron chi connectivity index (χ4n) is 4.30. The smallest absolute Gasteiger partial charge is 0.410 e. The molecule has 0 aromatic carbocycles. The SMILES string of the molecule is COC(=O)c1cc(C)cc(CN2CCN(Cc3cc(I)cc(C(=O)OC)n3)CCN(C(=O)OC(C)(C)C)CC2)n1. The van der Waals surface area contributed by atoms with Crippen LogP contribution in [0, 0.1) is 10.5 Å². The van der Waals surface area contributed by atoms with Gasteiger partial charge in [-0.2, -0.15) is 0 Å². The van der Waals surface area contributed by atoms with Crippen molar-refractivity contribution in [2.75, 3.05) is 53.5 Å². The van der Waals surface area contributed by atoms with E-state index in [1.54, 1.807) is 17.0 Å². The Balaban J connectivity index is 1.84. The van der Waals surface area contributed by atoms with Crippen LogP contribution in [0.3, 0.4) is 0 Å². The Morgan fingerprint density at radius 2 is 1.27 bits per heavy atom. The number of hydrogen-bond acceptors (Lipinski definition) is 10. The topological polar surface area (TPSA) is 114 Å². The molecule has 40 heavy (non-hydrogen) atoms. The summed E-state index contributed by atoms with van der Waals surface area (Å²) in [6.07, 6.45) is -0.365. The summed E-state index contributed by atoms with van der Waals surface area (Å²) >= 11 is 2.16. The standard InChI is InChI=1S/C28H38IN5O6/c1-19-13-21(30-23(14-19)25(35)38-5)17-32-7-8-33(10-12-34(11-9-32)27(37)40-28(2,3)4)18-22-15-20(29)16-24(31-22)26(36)39-6/h13-16H,7-12,17-18H2,1-6H3. The van der Waals surface area contributed by atoms with Crippen LogP contribution in [0.5, 0.6) is 0 Å². The molecular formula is C28H38IN5O6. The number of esters is 2. The van der Waals surface area contributed by atoms with Crippen LogP contribution in [0.2, 0.25) is 0 Å². The summed E-state index contributed by atoms with van der Waals surface area (Å²) in [7, 11) is 2.67. The number of methoxy groups -OCH3 is 2. The molecule has 1 aliphatic heterocycles. The minimum absolute atomic E-state index is 0.262. The molecule has 2 aromatic rings. The van der Waals surface area contributed by atoms with Crippen LogP contribution in [0.25, 0.3) is 0 Å². The van der Waals surface area contributed by atoms with E-state index in [4.69, 9.17) is 14.2 Å². The number of carbonyl (C=O) groups excluding carboxylic acids is 3. The average Bonchev–Trinajstić information content (AvgIpc) is 2.97. The molecule has 12 heteroatoms. The highest BCUT2D eigenvalue weighted by molar-refractivity contribution is 14.1. The van der Waals surface area contributed by atoms with Gasteiger partial charge in [0.15, 0.2) is 0 Å². The van der Waals surface area contributed by atoms with Gasteiger partial charge in [-0.3, -0.25) is 9.80 Å². The monoisotopic (exact) mass is 667 g/mol. The Kier molecular flexibility index (Phi) is 11.2. The average molecular weight is 668 g/mol. The second-order valence-corrected chi connectivity index (χ2v) is 11.9. The molecule has 3 rings (SSSR count). The minimum atomic E-state index is -0.612. The van der Waals surface area contributed by atoms with Crippen molar-refractivity contribution in [1.29, 1.82) is 0 Å². The van der Waals surface area contributed by atoms with Crippen LogP contribution < -0.4 is 0 Å². The number of halogens is 1. The highest BCUT2D eigenvalue weighted by Gasteiger charge is 2.25. The van der Waals surface area contributed by atoms with Gasteiger partial charge in [0.2, 0.25) is 0 Å². The molecular weight excluding hydrogens is 629 g/mol. The van der Waals surface area contributed by atoms with Crippen LogP contribution in [0.4, 0.5) is 4.79 Å². The largest absolute Gasteiger partial charge is 0.464 e. The number of aromatic nitrogens is 2. The zero-order chi connectivity index (χ0) is 29.4. The Morgan fingerprint density at radius 3 is 1.77 bits per heavy atom. The van der Waals surface area contributed by atoms with E-state index in [9.17, 15) is 14.4 Å². The minimum Gasteiger partial charge on any atom is -0.464 e. The van der Waals surface area contributed by atoms with Gasteiger partial charge in [-0.15, -0.1) is 0 Å². The van der Waals surface area contributed by atoms with Crippen molar-refractivity contribution in [3.63, 3.8) is 0 Å². The maximum absolute atomic E-state index is 13.1. The Labute approximate surface area is 249 Å². The maximum atomic E-state index is 13.1. The third-order valence-electron chi connectivity index (χ3n) is 6.18.